The highest BCUT2D eigenvalue weighted by Crippen LogP contribution is 2.49. The van der Waals surface area contributed by atoms with E-state index in [2.05, 4.69) is 13.8 Å². The molecule has 0 aromatic carbocycles. The molecule has 104 valence electrons. The molecular weight excluding hydrogens is 232 g/mol. The van der Waals surface area contributed by atoms with E-state index in [1.165, 1.54) is 13.5 Å². The van der Waals surface area contributed by atoms with Gasteiger partial charge in [0.15, 0.2) is 0 Å². The van der Waals surface area contributed by atoms with Crippen molar-refractivity contribution in [1.82, 2.24) is 4.90 Å². The zero-order valence-electron chi connectivity index (χ0n) is 11.7. The number of likely N-dealkylation sites (tertiary alicyclic amines) is 1. The lowest BCUT2D eigenvalue weighted by Crippen LogP contribution is -2.49. The van der Waals surface area contributed by atoms with Crippen LogP contribution < -0.4 is 5.73 Å². The summed E-state index contributed by atoms with van der Waals surface area (Å²) in [6.07, 6.45) is 2.28. The normalized spacial score (nSPS) is 29.8. The summed E-state index contributed by atoms with van der Waals surface area (Å²) < 4.78 is 4.72. The van der Waals surface area contributed by atoms with E-state index in [-0.39, 0.29) is 11.9 Å². The molecule has 18 heavy (non-hydrogen) atoms. The number of piperidine rings is 1. The van der Waals surface area contributed by atoms with Gasteiger partial charge in [-0.1, -0.05) is 20.3 Å². The molecular formula is C13H24N2O3. The monoisotopic (exact) mass is 256 g/mol. The standard InChI is InChI=1S/C10H16N2O3.C3H8/c1-5(11)9(13)12-4-6-3-7(6)8(12)10(14)15-2;1-3-2/h5-8H,3-4,11H2,1-2H3;3H2,1-2H3/t5-,6-,7-,8-;/m0./s1. The number of amides is 1. The summed E-state index contributed by atoms with van der Waals surface area (Å²) in [7, 11) is 1.35. The number of fused-ring (bicyclic) bond motifs is 1. The number of nitrogens with zero attached hydrogens (tertiary/aromatic N) is 1. The second-order valence-electron chi connectivity index (χ2n) is 5.11. The van der Waals surface area contributed by atoms with Crippen LogP contribution in [-0.2, 0) is 14.3 Å². The Balaban J connectivity index is 0.000000492. The van der Waals surface area contributed by atoms with E-state index in [4.69, 9.17) is 10.5 Å². The van der Waals surface area contributed by atoms with Gasteiger partial charge in [0.05, 0.1) is 13.2 Å². The lowest BCUT2D eigenvalue weighted by atomic mass is 10.1. The largest absolute Gasteiger partial charge is 0.467 e. The second-order valence-corrected chi connectivity index (χ2v) is 5.11. The quantitative estimate of drug-likeness (QED) is 0.741. The fourth-order valence-corrected chi connectivity index (χ4v) is 2.38. The van der Waals surface area contributed by atoms with Crippen LogP contribution in [0.4, 0.5) is 0 Å². The van der Waals surface area contributed by atoms with E-state index in [1.54, 1.807) is 11.8 Å². The van der Waals surface area contributed by atoms with E-state index < -0.39 is 12.1 Å². The van der Waals surface area contributed by atoms with Crippen LogP contribution in [-0.4, -0.2) is 42.5 Å². The summed E-state index contributed by atoms with van der Waals surface area (Å²) in [6, 6.07) is -0.937. The van der Waals surface area contributed by atoms with Gasteiger partial charge in [0, 0.05) is 6.54 Å². The Kier molecular flexibility index (Phi) is 5.14. The summed E-state index contributed by atoms with van der Waals surface area (Å²) in [5.74, 6) is 0.323. The molecule has 0 aromatic rings. The molecule has 4 atom stereocenters. The van der Waals surface area contributed by atoms with Crippen molar-refractivity contribution >= 4 is 11.9 Å². The molecule has 1 heterocycles. The molecule has 5 heteroatoms. The molecule has 1 aliphatic heterocycles. The average Bonchev–Trinajstić information content (AvgIpc) is 2.99. The Morgan fingerprint density at radius 3 is 2.44 bits per heavy atom. The molecule has 2 aliphatic rings. The third-order valence-corrected chi connectivity index (χ3v) is 3.27. The van der Waals surface area contributed by atoms with Gasteiger partial charge in [0.1, 0.15) is 6.04 Å². The number of carbonyl (C=O) groups is 2. The smallest absolute Gasteiger partial charge is 0.328 e. The minimum absolute atomic E-state index is 0.155. The van der Waals surface area contributed by atoms with Gasteiger partial charge in [-0.05, 0) is 25.2 Å². The molecule has 2 fully saturated rings. The van der Waals surface area contributed by atoms with Crippen LogP contribution in [0.1, 0.15) is 33.6 Å². The van der Waals surface area contributed by atoms with Gasteiger partial charge < -0.3 is 15.4 Å². The molecule has 2 rings (SSSR count). The fraction of sp³-hybridized carbons (Fsp3) is 0.846. The van der Waals surface area contributed by atoms with Crippen LogP contribution in [0.2, 0.25) is 0 Å². The molecule has 0 radical (unpaired) electrons. The van der Waals surface area contributed by atoms with Gasteiger partial charge in [-0.3, -0.25) is 4.79 Å². The molecule has 0 unspecified atom stereocenters. The summed E-state index contributed by atoms with van der Waals surface area (Å²) in [5, 5.41) is 0. The SMILES string of the molecule is CCC.COC(=O)[C@@H]1[C@H]2C[C@H]2CN1C(=O)[C@H](C)N. The number of rotatable bonds is 2. The van der Waals surface area contributed by atoms with Crippen molar-refractivity contribution in [2.45, 2.75) is 45.7 Å². The lowest BCUT2D eigenvalue weighted by molar-refractivity contribution is -0.152. The maximum Gasteiger partial charge on any atom is 0.328 e. The van der Waals surface area contributed by atoms with Crippen LogP contribution in [0.15, 0.2) is 0 Å². The summed E-state index contributed by atoms with van der Waals surface area (Å²) >= 11 is 0. The molecule has 1 amide bonds. The summed E-state index contributed by atoms with van der Waals surface area (Å²) in [5.41, 5.74) is 5.54. The lowest BCUT2D eigenvalue weighted by Gasteiger charge is -2.26. The highest BCUT2D eigenvalue weighted by molar-refractivity contribution is 5.88. The molecule has 1 aliphatic carbocycles. The molecule has 0 aromatic heterocycles. The summed E-state index contributed by atoms with van der Waals surface area (Å²) in [4.78, 5) is 24.8. The molecule has 1 saturated heterocycles. The Labute approximate surface area is 109 Å². The first-order valence-corrected chi connectivity index (χ1v) is 6.61. The van der Waals surface area contributed by atoms with E-state index >= 15 is 0 Å². The molecule has 5 nitrogen and oxygen atoms in total. The first kappa shape index (κ1) is 15.0. The molecule has 1 saturated carbocycles. The number of nitrogens with two attached hydrogens (primary N) is 1. The van der Waals surface area contributed by atoms with Crippen LogP contribution in [0.25, 0.3) is 0 Å². The molecule has 2 N–H and O–H groups in total. The minimum atomic E-state index is -0.547. The number of ether oxygens (including phenoxy) is 1. The topological polar surface area (TPSA) is 72.6 Å². The maximum absolute atomic E-state index is 11.7. The Hall–Kier alpha value is -1.10. The predicted molar refractivity (Wildman–Crippen MR) is 68.7 cm³/mol. The fourth-order valence-electron chi connectivity index (χ4n) is 2.38. The van der Waals surface area contributed by atoms with Gasteiger partial charge in [0.25, 0.3) is 0 Å². The van der Waals surface area contributed by atoms with Crippen molar-refractivity contribution in [2.24, 2.45) is 17.6 Å². The molecule has 0 spiro atoms. The van der Waals surface area contributed by atoms with E-state index in [9.17, 15) is 9.59 Å². The van der Waals surface area contributed by atoms with Crippen molar-refractivity contribution in [2.75, 3.05) is 13.7 Å². The van der Waals surface area contributed by atoms with E-state index in [1.807, 2.05) is 0 Å². The first-order valence-electron chi connectivity index (χ1n) is 6.61. The first-order chi connectivity index (χ1) is 8.47. The zero-order chi connectivity index (χ0) is 13.9. The molecule has 0 bridgehead atoms. The van der Waals surface area contributed by atoms with E-state index in [0.29, 0.717) is 18.4 Å². The number of hydrogen-bond donors (Lipinski definition) is 1. The van der Waals surface area contributed by atoms with Gasteiger partial charge in [-0.25, -0.2) is 4.79 Å². The van der Waals surface area contributed by atoms with Gasteiger partial charge in [-0.15, -0.1) is 0 Å². The number of esters is 1. The Bertz CT molecular complexity index is 317. The van der Waals surface area contributed by atoms with Crippen LogP contribution in [0, 0.1) is 11.8 Å². The van der Waals surface area contributed by atoms with Gasteiger partial charge in [-0.2, -0.15) is 0 Å². The van der Waals surface area contributed by atoms with Crippen LogP contribution in [0.3, 0.4) is 0 Å². The highest BCUT2D eigenvalue weighted by Gasteiger charge is 2.57. The minimum Gasteiger partial charge on any atom is -0.467 e. The average molecular weight is 256 g/mol. The predicted octanol–water partition coefficient (Wildman–Crippen LogP) is 0.770. The van der Waals surface area contributed by atoms with Gasteiger partial charge >= 0.3 is 5.97 Å². The number of methoxy groups -OCH3 is 1. The van der Waals surface area contributed by atoms with Gasteiger partial charge in [0.2, 0.25) is 5.91 Å². The van der Waals surface area contributed by atoms with Crippen molar-refractivity contribution in [3.05, 3.63) is 0 Å². The van der Waals surface area contributed by atoms with Crippen molar-refractivity contribution in [3.8, 4) is 0 Å². The zero-order valence-corrected chi connectivity index (χ0v) is 11.7. The van der Waals surface area contributed by atoms with Crippen LogP contribution in [0.5, 0.6) is 0 Å². The van der Waals surface area contributed by atoms with E-state index in [0.717, 1.165) is 6.42 Å². The summed E-state index contributed by atoms with van der Waals surface area (Å²) in [6.45, 7) is 6.55. The maximum atomic E-state index is 11.7. The second kappa shape index (κ2) is 6.18. The number of hydrogen-bond acceptors (Lipinski definition) is 4. The third kappa shape index (κ3) is 3.02. The van der Waals surface area contributed by atoms with Crippen molar-refractivity contribution in [1.29, 1.82) is 0 Å². The van der Waals surface area contributed by atoms with Crippen LogP contribution >= 0.6 is 0 Å². The van der Waals surface area contributed by atoms with Crippen molar-refractivity contribution < 1.29 is 14.3 Å². The highest BCUT2D eigenvalue weighted by atomic mass is 16.5. The van der Waals surface area contributed by atoms with Crippen molar-refractivity contribution in [3.63, 3.8) is 0 Å². The Morgan fingerprint density at radius 1 is 1.44 bits per heavy atom. The third-order valence-electron chi connectivity index (χ3n) is 3.27. The number of carbonyl (C=O) groups excluding carboxylic acids is 2. The Morgan fingerprint density at radius 2 is 2.00 bits per heavy atom.